The normalized spacial score (nSPS) is 16.0. The Labute approximate surface area is 178 Å². The summed E-state index contributed by atoms with van der Waals surface area (Å²) in [5.41, 5.74) is 3.59. The molecular formula is C21H20ClN3O3S. The van der Waals surface area contributed by atoms with E-state index in [9.17, 15) is 4.79 Å². The maximum absolute atomic E-state index is 12.5. The van der Waals surface area contributed by atoms with Crippen LogP contribution in [0, 0.1) is 6.92 Å². The van der Waals surface area contributed by atoms with Crippen molar-refractivity contribution < 1.29 is 14.3 Å². The molecule has 6 nitrogen and oxygen atoms in total. The Balaban J connectivity index is 1.88. The third kappa shape index (κ3) is 3.68. The summed E-state index contributed by atoms with van der Waals surface area (Å²) in [4.78, 5) is 12.5. The minimum Gasteiger partial charge on any atom is -0.497 e. The van der Waals surface area contributed by atoms with Gasteiger partial charge in [0.2, 0.25) is 5.91 Å². The lowest BCUT2D eigenvalue weighted by atomic mass is 10.0. The van der Waals surface area contributed by atoms with Crippen molar-refractivity contribution >= 4 is 35.1 Å². The molecule has 0 unspecified atom stereocenters. The van der Waals surface area contributed by atoms with Crippen LogP contribution in [-0.4, -0.2) is 35.7 Å². The van der Waals surface area contributed by atoms with E-state index < -0.39 is 0 Å². The number of hydrogen-bond donors (Lipinski definition) is 1. The number of ether oxygens (including phenoxy) is 2. The first-order valence-electron chi connectivity index (χ1n) is 9.00. The van der Waals surface area contributed by atoms with E-state index in [2.05, 4.69) is 5.32 Å². The maximum atomic E-state index is 12.5. The number of hydrogen-bond acceptors (Lipinski definition) is 5. The Hall–Kier alpha value is -2.64. The second-order valence-electron chi connectivity index (χ2n) is 6.58. The first kappa shape index (κ1) is 19.7. The summed E-state index contributed by atoms with van der Waals surface area (Å²) in [6.07, 6.45) is 0. The Morgan fingerprint density at radius 1 is 1.17 bits per heavy atom. The van der Waals surface area contributed by atoms with Crippen LogP contribution in [0.2, 0.25) is 5.02 Å². The number of nitrogens with one attached hydrogen (secondary N) is 1. The van der Waals surface area contributed by atoms with Crippen LogP contribution in [0.5, 0.6) is 11.5 Å². The van der Waals surface area contributed by atoms with E-state index in [1.54, 1.807) is 42.8 Å². The fourth-order valence-corrected chi connectivity index (χ4v) is 4.77. The van der Waals surface area contributed by atoms with Crippen molar-refractivity contribution in [1.82, 2.24) is 9.78 Å². The number of aryl methyl sites for hydroxylation is 1. The van der Waals surface area contributed by atoms with Crippen LogP contribution in [0.25, 0.3) is 5.69 Å². The van der Waals surface area contributed by atoms with Crippen molar-refractivity contribution in [2.75, 3.05) is 25.3 Å². The highest BCUT2D eigenvalue weighted by Crippen LogP contribution is 2.47. The molecule has 2 heterocycles. The molecule has 1 aromatic heterocycles. The molecular weight excluding hydrogens is 410 g/mol. The third-order valence-electron chi connectivity index (χ3n) is 4.80. The van der Waals surface area contributed by atoms with E-state index in [-0.39, 0.29) is 11.2 Å². The van der Waals surface area contributed by atoms with Crippen molar-refractivity contribution in [1.29, 1.82) is 0 Å². The van der Waals surface area contributed by atoms with Crippen molar-refractivity contribution in [2.24, 2.45) is 0 Å². The molecule has 4 rings (SSSR count). The molecule has 1 N–H and O–H groups in total. The number of thioether (sulfide) groups is 1. The van der Waals surface area contributed by atoms with Crippen LogP contribution in [0.15, 0.2) is 42.5 Å². The molecule has 1 amide bonds. The van der Waals surface area contributed by atoms with Gasteiger partial charge in [-0.25, -0.2) is 4.68 Å². The SMILES string of the molecule is COc1ccc([C@H]2SCC(=O)Nc3c2c(C)nn3-c2ccc(Cl)cc2)c(OC)c1. The molecule has 0 spiro atoms. The zero-order valence-electron chi connectivity index (χ0n) is 16.2. The summed E-state index contributed by atoms with van der Waals surface area (Å²) < 4.78 is 12.7. The summed E-state index contributed by atoms with van der Waals surface area (Å²) >= 11 is 7.58. The topological polar surface area (TPSA) is 65.4 Å². The average Bonchev–Trinajstić information content (AvgIpc) is 2.93. The third-order valence-corrected chi connectivity index (χ3v) is 6.31. The monoisotopic (exact) mass is 429 g/mol. The van der Waals surface area contributed by atoms with E-state index >= 15 is 0 Å². The average molecular weight is 430 g/mol. The molecule has 0 aliphatic carbocycles. The number of fused-ring (bicyclic) bond motifs is 1. The number of carbonyl (C=O) groups excluding carboxylic acids is 1. The second kappa shape index (κ2) is 8.00. The van der Waals surface area contributed by atoms with Crippen LogP contribution in [0.1, 0.15) is 22.1 Å². The predicted octanol–water partition coefficient (Wildman–Crippen LogP) is 4.63. The molecule has 8 heteroatoms. The molecule has 1 aliphatic heterocycles. The van der Waals surface area contributed by atoms with E-state index in [4.69, 9.17) is 26.2 Å². The quantitative estimate of drug-likeness (QED) is 0.655. The molecule has 2 aromatic carbocycles. The minimum absolute atomic E-state index is 0.0682. The van der Waals surface area contributed by atoms with Gasteiger partial charge >= 0.3 is 0 Å². The number of methoxy groups -OCH3 is 2. The lowest BCUT2D eigenvalue weighted by Gasteiger charge is -2.19. The molecule has 150 valence electrons. The van der Waals surface area contributed by atoms with Crippen molar-refractivity contribution in [3.8, 4) is 17.2 Å². The Morgan fingerprint density at radius 3 is 2.62 bits per heavy atom. The van der Waals surface area contributed by atoms with Crippen LogP contribution < -0.4 is 14.8 Å². The van der Waals surface area contributed by atoms with Gasteiger partial charge in [0, 0.05) is 22.2 Å². The Kier molecular flexibility index (Phi) is 5.43. The molecule has 0 fully saturated rings. The van der Waals surface area contributed by atoms with Crippen LogP contribution in [0.4, 0.5) is 5.82 Å². The van der Waals surface area contributed by atoms with E-state index in [1.165, 1.54) is 0 Å². The number of nitrogens with zero attached hydrogens (tertiary/aromatic N) is 2. The summed E-state index contributed by atoms with van der Waals surface area (Å²) in [7, 11) is 3.25. The van der Waals surface area contributed by atoms with E-state index in [0.717, 1.165) is 22.5 Å². The summed E-state index contributed by atoms with van der Waals surface area (Å²) in [6, 6.07) is 13.1. The van der Waals surface area contributed by atoms with Crippen molar-refractivity contribution in [3.05, 3.63) is 64.3 Å². The van der Waals surface area contributed by atoms with Gasteiger partial charge in [-0.15, -0.1) is 11.8 Å². The highest BCUT2D eigenvalue weighted by atomic mass is 35.5. The lowest BCUT2D eigenvalue weighted by Crippen LogP contribution is -2.15. The van der Waals surface area contributed by atoms with E-state index in [0.29, 0.717) is 28.1 Å². The van der Waals surface area contributed by atoms with Gasteiger partial charge in [0.05, 0.1) is 36.6 Å². The number of benzene rings is 2. The molecule has 0 saturated heterocycles. The first-order chi connectivity index (χ1) is 14.0. The molecule has 0 radical (unpaired) electrons. The van der Waals surface area contributed by atoms with E-state index in [1.807, 2.05) is 37.3 Å². The zero-order valence-corrected chi connectivity index (χ0v) is 17.8. The lowest BCUT2D eigenvalue weighted by molar-refractivity contribution is -0.113. The Morgan fingerprint density at radius 2 is 1.93 bits per heavy atom. The minimum atomic E-state index is -0.120. The summed E-state index contributed by atoms with van der Waals surface area (Å²) in [5, 5.41) is 8.26. The number of amides is 1. The van der Waals surface area contributed by atoms with Crippen LogP contribution in [0.3, 0.4) is 0 Å². The number of aromatic nitrogens is 2. The largest absolute Gasteiger partial charge is 0.497 e. The number of anilines is 1. The number of rotatable bonds is 4. The number of carbonyl (C=O) groups is 1. The van der Waals surface area contributed by atoms with Gasteiger partial charge in [0.15, 0.2) is 0 Å². The molecule has 3 aromatic rings. The predicted molar refractivity (Wildman–Crippen MR) is 116 cm³/mol. The smallest absolute Gasteiger partial charge is 0.235 e. The summed E-state index contributed by atoms with van der Waals surface area (Å²) in [5.74, 6) is 2.35. The molecule has 0 saturated carbocycles. The molecule has 0 bridgehead atoms. The van der Waals surface area contributed by atoms with Gasteiger partial charge in [-0.3, -0.25) is 4.79 Å². The van der Waals surface area contributed by atoms with Gasteiger partial charge in [-0.2, -0.15) is 5.10 Å². The standard InChI is InChI=1S/C21H20ClN3O3S/c1-12-19-20(16-9-8-15(27-2)10-17(16)28-3)29-11-18(26)23-21(19)25(24-12)14-6-4-13(22)5-7-14/h4-10,20H,11H2,1-3H3,(H,23,26)/t20-/m1/s1. The fourth-order valence-electron chi connectivity index (χ4n) is 3.43. The summed E-state index contributed by atoms with van der Waals surface area (Å²) in [6.45, 7) is 1.95. The highest BCUT2D eigenvalue weighted by Gasteiger charge is 2.32. The number of halogens is 1. The maximum Gasteiger partial charge on any atom is 0.235 e. The first-order valence-corrected chi connectivity index (χ1v) is 10.4. The van der Waals surface area contributed by atoms with Crippen LogP contribution in [-0.2, 0) is 4.79 Å². The fraction of sp³-hybridized carbons (Fsp3) is 0.238. The zero-order chi connectivity index (χ0) is 20.5. The highest BCUT2D eigenvalue weighted by molar-refractivity contribution is 8.00. The van der Waals surface area contributed by atoms with Crippen molar-refractivity contribution in [3.63, 3.8) is 0 Å². The molecule has 1 atom stereocenters. The molecule has 1 aliphatic rings. The van der Waals surface area contributed by atoms with Gasteiger partial charge in [0.1, 0.15) is 17.3 Å². The van der Waals surface area contributed by atoms with Crippen molar-refractivity contribution in [2.45, 2.75) is 12.2 Å². The van der Waals surface area contributed by atoms with Gasteiger partial charge < -0.3 is 14.8 Å². The van der Waals surface area contributed by atoms with Crippen LogP contribution >= 0.6 is 23.4 Å². The van der Waals surface area contributed by atoms with Gasteiger partial charge in [-0.1, -0.05) is 17.7 Å². The molecule has 29 heavy (non-hydrogen) atoms. The Bertz CT molecular complexity index is 1070. The van der Waals surface area contributed by atoms with Gasteiger partial charge in [0.25, 0.3) is 0 Å². The van der Waals surface area contributed by atoms with Gasteiger partial charge in [-0.05, 0) is 37.3 Å². The second-order valence-corrected chi connectivity index (χ2v) is 8.11.